The van der Waals surface area contributed by atoms with Crippen molar-refractivity contribution in [1.82, 2.24) is 5.32 Å². The number of benzene rings is 2. The second-order valence-electron chi connectivity index (χ2n) is 6.77. The Balaban J connectivity index is 2.04. The number of carbonyl (C=O) groups excluding carboxylic acids is 2. The molecule has 0 heterocycles. The number of methoxy groups -OCH3 is 1. The molecule has 0 saturated heterocycles. The topological polar surface area (TPSA) is 76.7 Å². The number of anilines is 1. The number of amides is 2. The molecular weight excluding hydrogens is 392 g/mol. The summed E-state index contributed by atoms with van der Waals surface area (Å²) in [4.78, 5) is 25.0. The Morgan fingerprint density at radius 2 is 1.79 bits per heavy atom. The molecule has 2 N–H and O–H groups in total. The molecule has 0 radical (unpaired) electrons. The van der Waals surface area contributed by atoms with Crippen LogP contribution in [0.15, 0.2) is 36.4 Å². The predicted molar refractivity (Wildman–Crippen MR) is 115 cm³/mol. The first-order valence-corrected chi connectivity index (χ1v) is 9.81. The molecule has 0 aliphatic rings. The Kier molecular flexibility index (Phi) is 8.49. The highest BCUT2D eigenvalue weighted by Gasteiger charge is 2.19. The molecule has 156 valence electrons. The van der Waals surface area contributed by atoms with Gasteiger partial charge in [0.2, 0.25) is 0 Å². The summed E-state index contributed by atoms with van der Waals surface area (Å²) in [5.74, 6) is -0.0411. The standard InChI is InChI=1S/C22H27ClN2O4/c1-14-12-17(13-15(2)20(14)23)29-16(3)21(26)25-19-9-6-5-8-18(19)22(27)24-10-7-11-28-4/h5-6,8-9,12-13,16H,7,10-11H2,1-4H3,(H,24,27)(H,25,26)/t16-/m0/s1. The summed E-state index contributed by atoms with van der Waals surface area (Å²) < 4.78 is 10.7. The van der Waals surface area contributed by atoms with E-state index in [9.17, 15) is 9.59 Å². The fourth-order valence-corrected chi connectivity index (χ4v) is 2.88. The van der Waals surface area contributed by atoms with Crippen LogP contribution in [-0.2, 0) is 9.53 Å². The lowest BCUT2D eigenvalue weighted by atomic mass is 10.1. The molecule has 0 bridgehead atoms. The number of halogens is 1. The van der Waals surface area contributed by atoms with Crippen LogP contribution < -0.4 is 15.4 Å². The van der Waals surface area contributed by atoms with Crippen LogP contribution in [0.25, 0.3) is 0 Å². The summed E-state index contributed by atoms with van der Waals surface area (Å²) >= 11 is 6.18. The van der Waals surface area contributed by atoms with Crippen LogP contribution in [0, 0.1) is 13.8 Å². The Morgan fingerprint density at radius 1 is 1.14 bits per heavy atom. The average Bonchev–Trinajstić information content (AvgIpc) is 2.69. The first kappa shape index (κ1) is 22.7. The number of hydrogen-bond acceptors (Lipinski definition) is 4. The van der Waals surface area contributed by atoms with Crippen LogP contribution in [0.1, 0.15) is 34.8 Å². The van der Waals surface area contributed by atoms with Gasteiger partial charge in [0.25, 0.3) is 11.8 Å². The third kappa shape index (κ3) is 6.48. The number of para-hydroxylation sites is 1. The minimum Gasteiger partial charge on any atom is -0.481 e. The smallest absolute Gasteiger partial charge is 0.265 e. The van der Waals surface area contributed by atoms with Crippen LogP contribution in [0.4, 0.5) is 5.69 Å². The van der Waals surface area contributed by atoms with Crippen LogP contribution in [-0.4, -0.2) is 38.2 Å². The number of aryl methyl sites for hydroxylation is 2. The van der Waals surface area contributed by atoms with E-state index in [2.05, 4.69) is 10.6 Å². The number of nitrogens with one attached hydrogen (secondary N) is 2. The lowest BCUT2D eigenvalue weighted by Gasteiger charge is -2.17. The maximum Gasteiger partial charge on any atom is 0.265 e. The van der Waals surface area contributed by atoms with Gasteiger partial charge in [0.15, 0.2) is 6.10 Å². The van der Waals surface area contributed by atoms with E-state index in [1.165, 1.54) is 0 Å². The molecular formula is C22H27ClN2O4. The van der Waals surface area contributed by atoms with Gasteiger partial charge < -0.3 is 20.1 Å². The van der Waals surface area contributed by atoms with E-state index in [1.807, 2.05) is 13.8 Å². The van der Waals surface area contributed by atoms with Gasteiger partial charge in [0.05, 0.1) is 11.3 Å². The third-order valence-electron chi connectivity index (χ3n) is 4.33. The van der Waals surface area contributed by atoms with E-state index in [0.29, 0.717) is 41.6 Å². The van der Waals surface area contributed by atoms with Crippen molar-refractivity contribution in [2.75, 3.05) is 25.6 Å². The van der Waals surface area contributed by atoms with E-state index in [-0.39, 0.29) is 11.8 Å². The summed E-state index contributed by atoms with van der Waals surface area (Å²) in [6.45, 7) is 6.48. The highest BCUT2D eigenvalue weighted by molar-refractivity contribution is 6.32. The molecule has 2 aromatic rings. The van der Waals surface area contributed by atoms with Gasteiger partial charge in [-0.1, -0.05) is 23.7 Å². The van der Waals surface area contributed by atoms with Crippen molar-refractivity contribution >= 4 is 29.1 Å². The van der Waals surface area contributed by atoms with Gasteiger partial charge in [-0.15, -0.1) is 0 Å². The van der Waals surface area contributed by atoms with Gasteiger partial charge in [-0.3, -0.25) is 9.59 Å². The molecule has 0 aliphatic carbocycles. The maximum atomic E-state index is 12.6. The fourth-order valence-electron chi connectivity index (χ4n) is 2.77. The van der Waals surface area contributed by atoms with Crippen molar-refractivity contribution in [3.8, 4) is 5.75 Å². The highest BCUT2D eigenvalue weighted by atomic mass is 35.5. The normalized spacial score (nSPS) is 11.6. The molecule has 7 heteroatoms. The zero-order valence-electron chi connectivity index (χ0n) is 17.2. The van der Waals surface area contributed by atoms with Gasteiger partial charge >= 0.3 is 0 Å². The quantitative estimate of drug-likeness (QED) is 0.600. The van der Waals surface area contributed by atoms with Crippen LogP contribution in [0.3, 0.4) is 0 Å². The monoisotopic (exact) mass is 418 g/mol. The molecule has 0 aromatic heterocycles. The first-order chi connectivity index (χ1) is 13.8. The molecule has 1 atom stereocenters. The van der Waals surface area contributed by atoms with Crippen molar-refractivity contribution in [3.63, 3.8) is 0 Å². The second kappa shape index (κ2) is 10.8. The molecule has 0 unspecified atom stereocenters. The van der Waals surface area contributed by atoms with Gasteiger partial charge in [-0.2, -0.15) is 0 Å². The molecule has 6 nitrogen and oxygen atoms in total. The van der Waals surface area contributed by atoms with Crippen LogP contribution in [0.5, 0.6) is 5.75 Å². The Hall–Kier alpha value is -2.57. The second-order valence-corrected chi connectivity index (χ2v) is 7.15. The van der Waals surface area contributed by atoms with E-state index in [0.717, 1.165) is 11.1 Å². The number of carbonyl (C=O) groups is 2. The first-order valence-electron chi connectivity index (χ1n) is 9.44. The van der Waals surface area contributed by atoms with Crippen LogP contribution >= 0.6 is 11.6 Å². The average molecular weight is 419 g/mol. The van der Waals surface area contributed by atoms with Gasteiger partial charge in [0.1, 0.15) is 5.75 Å². The molecule has 2 amide bonds. The fraction of sp³-hybridized carbons (Fsp3) is 0.364. The Labute approximate surface area is 176 Å². The van der Waals surface area contributed by atoms with Crippen molar-refractivity contribution in [3.05, 3.63) is 58.1 Å². The van der Waals surface area contributed by atoms with E-state index >= 15 is 0 Å². The number of rotatable bonds is 9. The van der Waals surface area contributed by atoms with Gasteiger partial charge in [0, 0.05) is 25.3 Å². The zero-order valence-corrected chi connectivity index (χ0v) is 17.9. The molecule has 2 aromatic carbocycles. The summed E-state index contributed by atoms with van der Waals surface area (Å²) in [5, 5.41) is 6.28. The summed E-state index contributed by atoms with van der Waals surface area (Å²) in [6, 6.07) is 10.4. The summed E-state index contributed by atoms with van der Waals surface area (Å²) in [7, 11) is 1.61. The number of hydrogen-bond donors (Lipinski definition) is 2. The van der Waals surface area contributed by atoms with E-state index < -0.39 is 6.10 Å². The van der Waals surface area contributed by atoms with Crippen molar-refractivity contribution in [2.45, 2.75) is 33.3 Å². The van der Waals surface area contributed by atoms with Gasteiger partial charge in [-0.25, -0.2) is 0 Å². The van der Waals surface area contributed by atoms with Crippen molar-refractivity contribution in [1.29, 1.82) is 0 Å². The predicted octanol–water partition coefficient (Wildman–Crippen LogP) is 4.13. The molecule has 0 spiro atoms. The summed E-state index contributed by atoms with van der Waals surface area (Å²) in [6.07, 6.45) is -0.0468. The third-order valence-corrected chi connectivity index (χ3v) is 4.93. The molecule has 0 saturated carbocycles. The lowest BCUT2D eigenvalue weighted by molar-refractivity contribution is -0.122. The highest BCUT2D eigenvalue weighted by Crippen LogP contribution is 2.26. The van der Waals surface area contributed by atoms with E-state index in [1.54, 1.807) is 50.4 Å². The lowest BCUT2D eigenvalue weighted by Crippen LogP contribution is -2.32. The Bertz CT molecular complexity index is 847. The summed E-state index contributed by atoms with van der Waals surface area (Å²) in [5.41, 5.74) is 2.58. The zero-order chi connectivity index (χ0) is 21.4. The molecule has 0 fully saturated rings. The van der Waals surface area contributed by atoms with Crippen molar-refractivity contribution in [2.24, 2.45) is 0 Å². The molecule has 0 aliphatic heterocycles. The SMILES string of the molecule is COCCCNC(=O)c1ccccc1NC(=O)[C@H](C)Oc1cc(C)c(Cl)c(C)c1. The molecule has 29 heavy (non-hydrogen) atoms. The van der Waals surface area contributed by atoms with Crippen LogP contribution in [0.2, 0.25) is 5.02 Å². The van der Waals surface area contributed by atoms with E-state index in [4.69, 9.17) is 21.1 Å². The van der Waals surface area contributed by atoms with Crippen molar-refractivity contribution < 1.29 is 19.1 Å². The minimum absolute atomic E-state index is 0.255. The maximum absolute atomic E-state index is 12.6. The number of ether oxygens (including phenoxy) is 2. The minimum atomic E-state index is -0.757. The molecule has 2 rings (SSSR count). The Morgan fingerprint density at radius 3 is 2.45 bits per heavy atom. The van der Waals surface area contributed by atoms with Gasteiger partial charge in [-0.05, 0) is 62.6 Å². The largest absolute Gasteiger partial charge is 0.481 e.